The number of nitriles is 1. The molecule has 28 heavy (non-hydrogen) atoms. The van der Waals surface area contributed by atoms with Gasteiger partial charge in [-0.15, -0.1) is 0 Å². The van der Waals surface area contributed by atoms with Gasteiger partial charge in [-0.1, -0.05) is 0 Å². The molecule has 2 N–H and O–H groups in total. The molecule has 0 atom stereocenters. The highest BCUT2D eigenvalue weighted by molar-refractivity contribution is 6.14. The van der Waals surface area contributed by atoms with Crippen LogP contribution in [0, 0.1) is 16.7 Å². The maximum Gasteiger partial charge on any atom is 0.239 e. The molecule has 0 spiro atoms. The third-order valence-electron chi connectivity index (χ3n) is 4.66. The molecule has 0 radical (unpaired) electrons. The summed E-state index contributed by atoms with van der Waals surface area (Å²) in [5, 5.41) is 14.4. The number of benzene rings is 2. The van der Waals surface area contributed by atoms with Crippen molar-refractivity contribution < 1.29 is 9.59 Å². The van der Waals surface area contributed by atoms with E-state index in [0.717, 1.165) is 18.8 Å². The Balaban J connectivity index is 2.04. The Labute approximate surface area is 166 Å². The van der Waals surface area contributed by atoms with Crippen LogP contribution in [0.25, 0.3) is 0 Å². The molecule has 6 heteroatoms. The van der Waals surface area contributed by atoms with E-state index in [2.05, 4.69) is 29.4 Å². The van der Waals surface area contributed by atoms with Gasteiger partial charge in [-0.2, -0.15) is 5.26 Å². The van der Waals surface area contributed by atoms with Gasteiger partial charge in [-0.25, -0.2) is 0 Å². The predicted molar refractivity (Wildman–Crippen MR) is 112 cm³/mol. The monoisotopic (exact) mass is 378 g/mol. The Kier molecular flexibility index (Phi) is 6.78. The van der Waals surface area contributed by atoms with Crippen LogP contribution in [-0.4, -0.2) is 24.9 Å². The zero-order valence-electron chi connectivity index (χ0n) is 16.7. The SMILES string of the molecule is CCN(CC)c1ccc(NC(=O)C(C)(C)C(=O)Nc2ccc(C#N)cc2)cc1. The van der Waals surface area contributed by atoms with E-state index >= 15 is 0 Å². The van der Waals surface area contributed by atoms with Gasteiger partial charge in [0.15, 0.2) is 0 Å². The lowest BCUT2D eigenvalue weighted by molar-refractivity contribution is -0.135. The van der Waals surface area contributed by atoms with E-state index in [4.69, 9.17) is 5.26 Å². The van der Waals surface area contributed by atoms with Crippen LogP contribution in [0.3, 0.4) is 0 Å². The minimum atomic E-state index is -1.27. The van der Waals surface area contributed by atoms with Crippen LogP contribution in [0.1, 0.15) is 33.3 Å². The summed E-state index contributed by atoms with van der Waals surface area (Å²) in [7, 11) is 0. The Bertz CT molecular complexity index is 861. The van der Waals surface area contributed by atoms with Crippen LogP contribution in [-0.2, 0) is 9.59 Å². The summed E-state index contributed by atoms with van der Waals surface area (Å²) in [4.78, 5) is 27.5. The van der Waals surface area contributed by atoms with Crippen LogP contribution >= 0.6 is 0 Å². The maximum absolute atomic E-state index is 12.7. The van der Waals surface area contributed by atoms with Gasteiger partial charge in [0.2, 0.25) is 11.8 Å². The molecule has 0 saturated heterocycles. The van der Waals surface area contributed by atoms with Crippen molar-refractivity contribution in [2.45, 2.75) is 27.7 Å². The standard InChI is InChI=1S/C22H26N4O2/c1-5-26(6-2)19-13-11-18(12-14-19)25-21(28)22(3,4)20(27)24-17-9-7-16(15-23)8-10-17/h7-14H,5-6H2,1-4H3,(H,24,27)(H,25,28). The van der Waals surface area contributed by atoms with Gasteiger partial charge in [0.1, 0.15) is 5.41 Å². The number of rotatable bonds is 7. The summed E-state index contributed by atoms with van der Waals surface area (Å²) in [6.07, 6.45) is 0. The first-order valence-corrected chi connectivity index (χ1v) is 9.29. The van der Waals surface area contributed by atoms with Gasteiger partial charge in [0.05, 0.1) is 11.6 Å². The molecule has 2 rings (SSSR count). The Hall–Kier alpha value is -3.33. The van der Waals surface area contributed by atoms with E-state index in [-0.39, 0.29) is 0 Å². The molecular weight excluding hydrogens is 352 g/mol. The molecule has 0 aliphatic carbocycles. The van der Waals surface area contributed by atoms with Crippen LogP contribution in [0.15, 0.2) is 48.5 Å². The fourth-order valence-electron chi connectivity index (χ4n) is 2.65. The van der Waals surface area contributed by atoms with Gasteiger partial charge >= 0.3 is 0 Å². The zero-order chi connectivity index (χ0) is 20.7. The lowest BCUT2D eigenvalue weighted by Crippen LogP contribution is -2.41. The molecule has 0 fully saturated rings. The lowest BCUT2D eigenvalue weighted by Gasteiger charge is -2.24. The van der Waals surface area contributed by atoms with Crippen molar-refractivity contribution in [1.82, 2.24) is 0 Å². The number of anilines is 3. The van der Waals surface area contributed by atoms with Gasteiger partial charge in [0.25, 0.3) is 0 Å². The van der Waals surface area contributed by atoms with E-state index in [9.17, 15) is 9.59 Å². The van der Waals surface area contributed by atoms with Crippen molar-refractivity contribution in [2.24, 2.45) is 5.41 Å². The normalized spacial score (nSPS) is 10.7. The van der Waals surface area contributed by atoms with E-state index in [0.29, 0.717) is 16.9 Å². The van der Waals surface area contributed by atoms with Gasteiger partial charge in [-0.3, -0.25) is 9.59 Å². The molecule has 0 bridgehead atoms. The van der Waals surface area contributed by atoms with Crippen LogP contribution in [0.5, 0.6) is 0 Å². The molecule has 2 amide bonds. The van der Waals surface area contributed by atoms with E-state index < -0.39 is 17.2 Å². The topological polar surface area (TPSA) is 85.2 Å². The largest absolute Gasteiger partial charge is 0.372 e. The maximum atomic E-state index is 12.7. The minimum Gasteiger partial charge on any atom is -0.372 e. The first kappa shape index (κ1) is 21.0. The fraction of sp³-hybridized carbons (Fsp3) is 0.318. The summed E-state index contributed by atoms with van der Waals surface area (Å²) in [6, 6.07) is 16.1. The van der Waals surface area contributed by atoms with Crippen molar-refractivity contribution >= 4 is 28.9 Å². The molecular formula is C22H26N4O2. The molecule has 0 saturated carbocycles. The minimum absolute atomic E-state index is 0.394. The van der Waals surface area contributed by atoms with Crippen LogP contribution < -0.4 is 15.5 Å². The van der Waals surface area contributed by atoms with Gasteiger partial charge in [0, 0.05) is 30.2 Å². The average molecular weight is 378 g/mol. The highest BCUT2D eigenvalue weighted by atomic mass is 16.2. The smallest absolute Gasteiger partial charge is 0.239 e. The molecule has 6 nitrogen and oxygen atoms in total. The lowest BCUT2D eigenvalue weighted by atomic mass is 9.90. The quantitative estimate of drug-likeness (QED) is 0.713. The number of hydrogen-bond acceptors (Lipinski definition) is 4. The zero-order valence-corrected chi connectivity index (χ0v) is 16.7. The second kappa shape index (κ2) is 9.05. The molecule has 0 aliphatic heterocycles. The highest BCUT2D eigenvalue weighted by Gasteiger charge is 2.36. The average Bonchev–Trinajstić information content (AvgIpc) is 2.70. The highest BCUT2D eigenvalue weighted by Crippen LogP contribution is 2.23. The van der Waals surface area contributed by atoms with E-state index in [1.165, 1.54) is 0 Å². The summed E-state index contributed by atoms with van der Waals surface area (Å²) in [6.45, 7) is 9.15. The van der Waals surface area contributed by atoms with Crippen molar-refractivity contribution in [3.05, 3.63) is 54.1 Å². The molecule has 0 unspecified atom stereocenters. The molecule has 0 aromatic heterocycles. The number of carbonyl (C=O) groups excluding carboxylic acids is 2. The number of carbonyl (C=O) groups is 2. The van der Waals surface area contributed by atoms with Crippen molar-refractivity contribution in [1.29, 1.82) is 5.26 Å². The van der Waals surface area contributed by atoms with Gasteiger partial charge in [-0.05, 0) is 76.2 Å². The van der Waals surface area contributed by atoms with E-state index in [1.807, 2.05) is 30.3 Å². The predicted octanol–water partition coefficient (Wildman–Crippen LogP) is 4.01. The summed E-state index contributed by atoms with van der Waals surface area (Å²) in [5.41, 5.74) is 1.49. The van der Waals surface area contributed by atoms with Crippen LogP contribution in [0.2, 0.25) is 0 Å². The molecule has 0 aliphatic rings. The Morgan fingerprint density at radius 2 is 1.32 bits per heavy atom. The molecule has 2 aromatic carbocycles. The van der Waals surface area contributed by atoms with Crippen LogP contribution in [0.4, 0.5) is 17.1 Å². The first-order valence-electron chi connectivity index (χ1n) is 9.29. The third kappa shape index (κ3) is 4.89. The summed E-state index contributed by atoms with van der Waals surface area (Å²) >= 11 is 0. The second-order valence-electron chi connectivity index (χ2n) is 6.94. The number of hydrogen-bond donors (Lipinski definition) is 2. The Morgan fingerprint density at radius 3 is 1.71 bits per heavy atom. The number of nitrogens with zero attached hydrogens (tertiary/aromatic N) is 2. The fourth-order valence-corrected chi connectivity index (χ4v) is 2.65. The first-order chi connectivity index (χ1) is 13.3. The number of nitrogens with one attached hydrogen (secondary N) is 2. The van der Waals surface area contributed by atoms with Gasteiger partial charge < -0.3 is 15.5 Å². The molecule has 0 heterocycles. The summed E-state index contributed by atoms with van der Waals surface area (Å²) in [5.74, 6) is -0.816. The van der Waals surface area contributed by atoms with Crippen molar-refractivity contribution in [2.75, 3.05) is 28.6 Å². The van der Waals surface area contributed by atoms with Crippen molar-refractivity contribution in [3.63, 3.8) is 0 Å². The second-order valence-corrected chi connectivity index (χ2v) is 6.94. The third-order valence-corrected chi connectivity index (χ3v) is 4.66. The molecule has 146 valence electrons. The Morgan fingerprint density at radius 1 is 0.893 bits per heavy atom. The number of amides is 2. The van der Waals surface area contributed by atoms with Crippen molar-refractivity contribution in [3.8, 4) is 6.07 Å². The van der Waals surface area contributed by atoms with E-state index in [1.54, 1.807) is 38.1 Å². The summed E-state index contributed by atoms with van der Waals surface area (Å²) < 4.78 is 0. The molecule has 2 aromatic rings.